The normalized spacial score (nSPS) is 12.3. The third-order valence-electron chi connectivity index (χ3n) is 5.34. The molecule has 174 valence electrons. The maximum Gasteiger partial charge on any atom is 0.282 e. The predicted molar refractivity (Wildman–Crippen MR) is 126 cm³/mol. The molecule has 0 saturated carbocycles. The van der Waals surface area contributed by atoms with Gasteiger partial charge in [-0.25, -0.2) is 0 Å². The van der Waals surface area contributed by atoms with E-state index in [9.17, 15) is 0 Å². The van der Waals surface area contributed by atoms with Gasteiger partial charge in [0.15, 0.2) is 0 Å². The average Bonchev–Trinajstić information content (AvgIpc) is 2.71. The monoisotopic (exact) mass is 412 g/mol. The van der Waals surface area contributed by atoms with Gasteiger partial charge in [-0.1, -0.05) is 83.3 Å². The van der Waals surface area contributed by atoms with Crippen LogP contribution in [0.15, 0.2) is 12.2 Å². The standard InChI is InChI=1S/C26H52O3/c1-5-9-10-11-12-13-14-15-16-17-18-19-20-21-22-23-24-25-26(27-6-2,28-7-3)29-8-4/h15-16H,5-14,17-25H2,1-4H3. The maximum absolute atomic E-state index is 5.79. The van der Waals surface area contributed by atoms with Crippen LogP contribution in [0.25, 0.3) is 0 Å². The van der Waals surface area contributed by atoms with Crippen LogP contribution in [0.4, 0.5) is 0 Å². The highest BCUT2D eigenvalue weighted by atomic mass is 16.9. The zero-order valence-corrected chi connectivity index (χ0v) is 20.3. The van der Waals surface area contributed by atoms with Crippen molar-refractivity contribution in [2.75, 3.05) is 19.8 Å². The summed E-state index contributed by atoms with van der Waals surface area (Å²) in [4.78, 5) is 0. The van der Waals surface area contributed by atoms with E-state index in [0.29, 0.717) is 19.8 Å². The summed E-state index contributed by atoms with van der Waals surface area (Å²) >= 11 is 0. The van der Waals surface area contributed by atoms with Crippen LogP contribution in [0.2, 0.25) is 0 Å². The number of hydrogen-bond donors (Lipinski definition) is 0. The van der Waals surface area contributed by atoms with Crippen LogP contribution in [0.5, 0.6) is 0 Å². The van der Waals surface area contributed by atoms with E-state index >= 15 is 0 Å². The molecule has 0 aromatic heterocycles. The Morgan fingerprint density at radius 3 is 1.28 bits per heavy atom. The van der Waals surface area contributed by atoms with Crippen LogP contribution in [-0.4, -0.2) is 25.8 Å². The van der Waals surface area contributed by atoms with Crippen LogP contribution in [-0.2, 0) is 14.2 Å². The molecule has 0 aliphatic heterocycles. The first-order chi connectivity index (χ1) is 14.2. The van der Waals surface area contributed by atoms with Gasteiger partial charge in [0, 0.05) is 26.2 Å². The topological polar surface area (TPSA) is 27.7 Å². The van der Waals surface area contributed by atoms with Crippen molar-refractivity contribution in [1.29, 1.82) is 0 Å². The van der Waals surface area contributed by atoms with Crippen molar-refractivity contribution in [3.05, 3.63) is 12.2 Å². The van der Waals surface area contributed by atoms with Gasteiger partial charge in [0.05, 0.1) is 0 Å². The van der Waals surface area contributed by atoms with Crippen LogP contribution in [0, 0.1) is 0 Å². The molecular formula is C26H52O3. The molecular weight excluding hydrogens is 360 g/mol. The zero-order valence-electron chi connectivity index (χ0n) is 20.3. The van der Waals surface area contributed by atoms with Gasteiger partial charge in [0.1, 0.15) is 0 Å². The lowest BCUT2D eigenvalue weighted by Gasteiger charge is -2.32. The van der Waals surface area contributed by atoms with Gasteiger partial charge in [-0.15, -0.1) is 0 Å². The van der Waals surface area contributed by atoms with Crippen molar-refractivity contribution in [2.45, 2.75) is 136 Å². The average molecular weight is 413 g/mol. The number of unbranched alkanes of at least 4 members (excludes halogenated alkanes) is 13. The fourth-order valence-corrected chi connectivity index (χ4v) is 3.77. The summed E-state index contributed by atoms with van der Waals surface area (Å²) < 4.78 is 17.4. The summed E-state index contributed by atoms with van der Waals surface area (Å²) in [5.41, 5.74) is 0. The van der Waals surface area contributed by atoms with E-state index in [1.54, 1.807) is 0 Å². The van der Waals surface area contributed by atoms with Crippen LogP contribution in [0.1, 0.15) is 130 Å². The van der Waals surface area contributed by atoms with Crippen molar-refractivity contribution in [3.63, 3.8) is 0 Å². The molecule has 0 radical (unpaired) electrons. The zero-order chi connectivity index (χ0) is 21.5. The van der Waals surface area contributed by atoms with Gasteiger partial charge in [0.25, 0.3) is 5.97 Å². The minimum Gasteiger partial charge on any atom is -0.328 e. The third-order valence-corrected chi connectivity index (χ3v) is 5.34. The molecule has 29 heavy (non-hydrogen) atoms. The van der Waals surface area contributed by atoms with E-state index in [4.69, 9.17) is 14.2 Å². The number of rotatable bonds is 23. The summed E-state index contributed by atoms with van der Waals surface area (Å²) in [5, 5.41) is 0. The Balaban J connectivity index is 3.52. The van der Waals surface area contributed by atoms with Crippen molar-refractivity contribution in [1.82, 2.24) is 0 Å². The Bertz CT molecular complexity index is 324. The molecule has 0 aliphatic carbocycles. The largest absolute Gasteiger partial charge is 0.328 e. The Kier molecular flexibility index (Phi) is 22.0. The number of hydrogen-bond acceptors (Lipinski definition) is 3. The highest BCUT2D eigenvalue weighted by Gasteiger charge is 2.31. The van der Waals surface area contributed by atoms with Gasteiger partial charge in [-0.2, -0.15) is 0 Å². The minimum atomic E-state index is -0.819. The van der Waals surface area contributed by atoms with Crippen molar-refractivity contribution in [2.24, 2.45) is 0 Å². The van der Waals surface area contributed by atoms with Crippen LogP contribution in [0.3, 0.4) is 0 Å². The minimum absolute atomic E-state index is 0.618. The molecule has 0 unspecified atom stereocenters. The van der Waals surface area contributed by atoms with Crippen molar-refractivity contribution in [3.8, 4) is 0 Å². The summed E-state index contributed by atoms with van der Waals surface area (Å²) in [5.74, 6) is -0.819. The fraction of sp³-hybridized carbons (Fsp3) is 0.923. The van der Waals surface area contributed by atoms with Gasteiger partial charge in [-0.3, -0.25) is 0 Å². The lowest BCUT2D eigenvalue weighted by atomic mass is 10.1. The first-order valence-electron chi connectivity index (χ1n) is 12.8. The highest BCUT2D eigenvalue weighted by molar-refractivity contribution is 4.81. The lowest BCUT2D eigenvalue weighted by molar-refractivity contribution is -0.380. The fourth-order valence-electron chi connectivity index (χ4n) is 3.77. The van der Waals surface area contributed by atoms with Gasteiger partial charge in [-0.05, 0) is 52.9 Å². The molecule has 0 fully saturated rings. The molecule has 0 aromatic carbocycles. The molecule has 0 aliphatic rings. The second kappa shape index (κ2) is 22.3. The van der Waals surface area contributed by atoms with E-state index < -0.39 is 5.97 Å². The first-order valence-corrected chi connectivity index (χ1v) is 12.8. The molecule has 3 heteroatoms. The van der Waals surface area contributed by atoms with E-state index in [1.807, 2.05) is 20.8 Å². The highest BCUT2D eigenvalue weighted by Crippen LogP contribution is 2.24. The maximum atomic E-state index is 5.79. The molecule has 0 heterocycles. The number of allylic oxidation sites excluding steroid dienone is 2. The van der Waals surface area contributed by atoms with E-state index in [-0.39, 0.29) is 0 Å². The van der Waals surface area contributed by atoms with Crippen LogP contribution < -0.4 is 0 Å². The summed E-state index contributed by atoms with van der Waals surface area (Å²) in [7, 11) is 0. The van der Waals surface area contributed by atoms with Gasteiger partial charge >= 0.3 is 0 Å². The molecule has 0 amide bonds. The second-order valence-corrected chi connectivity index (χ2v) is 8.02. The van der Waals surface area contributed by atoms with E-state index in [2.05, 4.69) is 19.1 Å². The van der Waals surface area contributed by atoms with Gasteiger partial charge in [0.2, 0.25) is 0 Å². The number of ether oxygens (including phenoxy) is 3. The Hall–Kier alpha value is -0.380. The van der Waals surface area contributed by atoms with Crippen molar-refractivity contribution >= 4 is 0 Å². The Labute approximate surface area is 183 Å². The second-order valence-electron chi connectivity index (χ2n) is 8.02. The SMILES string of the molecule is CCCCCCCCC=CCCCCCCCCCC(OCC)(OCC)OCC. The molecule has 0 rings (SSSR count). The summed E-state index contributed by atoms with van der Waals surface area (Å²) in [6.07, 6.45) is 25.6. The molecule has 3 nitrogen and oxygen atoms in total. The van der Waals surface area contributed by atoms with Crippen molar-refractivity contribution < 1.29 is 14.2 Å². The Morgan fingerprint density at radius 1 is 0.483 bits per heavy atom. The molecule has 0 aromatic rings. The summed E-state index contributed by atoms with van der Waals surface area (Å²) in [6.45, 7) is 10.1. The third kappa shape index (κ3) is 18.1. The first kappa shape index (κ1) is 28.6. The van der Waals surface area contributed by atoms with Gasteiger partial charge < -0.3 is 14.2 Å². The Morgan fingerprint density at radius 2 is 0.862 bits per heavy atom. The molecule has 0 N–H and O–H groups in total. The van der Waals surface area contributed by atoms with Crippen LogP contribution >= 0.6 is 0 Å². The smallest absolute Gasteiger partial charge is 0.282 e. The quantitative estimate of drug-likeness (QED) is 0.0955. The molecule has 0 bridgehead atoms. The molecule has 0 spiro atoms. The lowest BCUT2D eigenvalue weighted by Crippen LogP contribution is -2.39. The van der Waals surface area contributed by atoms with E-state index in [1.165, 1.54) is 89.9 Å². The summed E-state index contributed by atoms with van der Waals surface area (Å²) in [6, 6.07) is 0. The predicted octanol–water partition coefficient (Wildman–Crippen LogP) is 8.57. The molecule has 0 atom stereocenters. The molecule has 0 saturated heterocycles. The van der Waals surface area contributed by atoms with E-state index in [0.717, 1.165) is 12.8 Å².